The Morgan fingerprint density at radius 2 is 1.84 bits per heavy atom. The number of aromatic hydroxyl groups is 1. The zero-order valence-electron chi connectivity index (χ0n) is 19.8. The number of allylic oxidation sites excluding steroid dienone is 2. The Kier molecular flexibility index (Phi) is 5.36. The fourth-order valence-corrected chi connectivity index (χ4v) is 5.39. The van der Waals surface area contributed by atoms with Crippen molar-refractivity contribution in [1.82, 2.24) is 0 Å². The number of aryl methyl sites for hydroxylation is 2. The molecule has 0 saturated carbocycles. The zero-order valence-corrected chi connectivity index (χ0v) is 19.8. The summed E-state index contributed by atoms with van der Waals surface area (Å²) in [6.07, 6.45) is 8.65. The molecule has 1 aromatic rings. The zero-order chi connectivity index (χ0) is 22.6. The van der Waals surface area contributed by atoms with E-state index in [9.17, 15) is 9.90 Å². The fourth-order valence-electron chi connectivity index (χ4n) is 5.39. The van der Waals surface area contributed by atoms with Gasteiger partial charge in [0.05, 0.1) is 11.7 Å². The molecule has 1 unspecified atom stereocenters. The number of carbonyl (C=O) groups excluding carboxylic acids is 1. The first kappa shape index (κ1) is 22.1. The van der Waals surface area contributed by atoms with Crippen LogP contribution in [0.25, 0.3) is 0 Å². The summed E-state index contributed by atoms with van der Waals surface area (Å²) in [7, 11) is 0. The van der Waals surface area contributed by atoms with Gasteiger partial charge in [0, 0.05) is 18.4 Å². The van der Waals surface area contributed by atoms with Crippen molar-refractivity contribution in [2.45, 2.75) is 97.4 Å². The van der Waals surface area contributed by atoms with Gasteiger partial charge in [-0.25, -0.2) is 0 Å². The summed E-state index contributed by atoms with van der Waals surface area (Å²) in [4.78, 5) is 13.2. The lowest BCUT2D eigenvalue weighted by molar-refractivity contribution is -0.117. The Morgan fingerprint density at radius 1 is 1.10 bits per heavy atom. The minimum Gasteiger partial charge on any atom is -0.508 e. The highest BCUT2D eigenvalue weighted by Gasteiger charge is 2.44. The molecule has 0 amide bonds. The van der Waals surface area contributed by atoms with Gasteiger partial charge in [-0.15, -0.1) is 0 Å². The second kappa shape index (κ2) is 7.51. The van der Waals surface area contributed by atoms with Crippen LogP contribution in [0.5, 0.6) is 11.5 Å². The van der Waals surface area contributed by atoms with Gasteiger partial charge < -0.3 is 14.6 Å². The average molecular weight is 425 g/mol. The molecule has 0 fully saturated rings. The van der Waals surface area contributed by atoms with Gasteiger partial charge in [-0.3, -0.25) is 4.79 Å². The molecule has 168 valence electrons. The predicted octanol–water partition coefficient (Wildman–Crippen LogP) is 5.98. The molecule has 2 bridgehead atoms. The van der Waals surface area contributed by atoms with Crippen LogP contribution in [0.3, 0.4) is 0 Å². The molecule has 0 saturated heterocycles. The first-order valence-electron chi connectivity index (χ1n) is 11.5. The lowest BCUT2D eigenvalue weighted by Gasteiger charge is -2.44. The van der Waals surface area contributed by atoms with E-state index in [-0.39, 0.29) is 23.1 Å². The second-order valence-electron chi connectivity index (χ2n) is 11.1. The molecule has 4 heteroatoms. The molecule has 0 spiro atoms. The van der Waals surface area contributed by atoms with Crippen molar-refractivity contribution in [3.05, 3.63) is 46.6 Å². The first-order valence-corrected chi connectivity index (χ1v) is 11.5. The van der Waals surface area contributed by atoms with Crippen molar-refractivity contribution < 1.29 is 19.4 Å². The van der Waals surface area contributed by atoms with Crippen LogP contribution in [0.1, 0.15) is 77.8 Å². The lowest BCUT2D eigenvalue weighted by Crippen LogP contribution is -2.44. The standard InChI is InChI=1S/C27H36O4/c1-17-14-19(28)15-18-9-13-27(6,30-23(17)18)16-21-20-10-12-26(4,5)31-24(21)25(2,3)11-7-8-22(20)29/h10,12,14-15,24,28H,7-9,11,13,16H2,1-6H3/t24-,27?/m0/s1. The summed E-state index contributed by atoms with van der Waals surface area (Å²) in [5, 5.41) is 9.97. The molecular formula is C27H36O4. The van der Waals surface area contributed by atoms with Gasteiger partial charge in [-0.1, -0.05) is 26.0 Å². The molecule has 4 rings (SSSR count). The number of benzene rings is 1. The fraction of sp³-hybridized carbons (Fsp3) is 0.593. The molecule has 0 aromatic heterocycles. The Balaban J connectivity index is 1.76. The molecule has 31 heavy (non-hydrogen) atoms. The number of ketones is 1. The van der Waals surface area contributed by atoms with Crippen molar-refractivity contribution >= 4 is 5.78 Å². The van der Waals surface area contributed by atoms with E-state index in [4.69, 9.17) is 9.47 Å². The maximum absolute atomic E-state index is 13.2. The van der Waals surface area contributed by atoms with Crippen molar-refractivity contribution in [3.8, 4) is 11.5 Å². The third-order valence-corrected chi connectivity index (χ3v) is 7.14. The monoisotopic (exact) mass is 424 g/mol. The van der Waals surface area contributed by atoms with Crippen molar-refractivity contribution in [1.29, 1.82) is 0 Å². The molecule has 2 aliphatic heterocycles. The first-order chi connectivity index (χ1) is 14.4. The van der Waals surface area contributed by atoms with Crippen LogP contribution >= 0.6 is 0 Å². The summed E-state index contributed by atoms with van der Waals surface area (Å²) in [6, 6.07) is 3.56. The highest BCUT2D eigenvalue weighted by Crippen LogP contribution is 2.47. The van der Waals surface area contributed by atoms with Gasteiger partial charge in [0.2, 0.25) is 0 Å². The Hall–Kier alpha value is -2.07. The molecule has 0 radical (unpaired) electrons. The summed E-state index contributed by atoms with van der Waals surface area (Å²) < 4.78 is 13.3. The number of rotatable bonds is 2. The van der Waals surface area contributed by atoms with Gasteiger partial charge in [0.15, 0.2) is 5.78 Å². The van der Waals surface area contributed by atoms with Crippen molar-refractivity contribution in [3.63, 3.8) is 0 Å². The number of hydrogen-bond acceptors (Lipinski definition) is 4. The minimum atomic E-state index is -0.436. The number of hydrogen-bond donors (Lipinski definition) is 1. The lowest BCUT2D eigenvalue weighted by atomic mass is 9.71. The Labute approximate surface area is 186 Å². The van der Waals surface area contributed by atoms with E-state index in [2.05, 4.69) is 34.6 Å². The molecule has 4 nitrogen and oxygen atoms in total. The van der Waals surface area contributed by atoms with Crippen molar-refractivity contribution in [2.75, 3.05) is 0 Å². The highest BCUT2D eigenvalue weighted by molar-refractivity contribution is 5.99. The van der Waals surface area contributed by atoms with E-state index >= 15 is 0 Å². The second-order valence-corrected chi connectivity index (χ2v) is 11.1. The minimum absolute atomic E-state index is 0.0742. The van der Waals surface area contributed by atoms with Gasteiger partial charge in [-0.2, -0.15) is 0 Å². The van der Waals surface area contributed by atoms with Crippen LogP contribution in [0.4, 0.5) is 0 Å². The largest absolute Gasteiger partial charge is 0.508 e. The molecule has 1 aliphatic carbocycles. The average Bonchev–Trinajstić information content (AvgIpc) is 2.79. The van der Waals surface area contributed by atoms with E-state index in [0.717, 1.165) is 53.7 Å². The molecule has 1 aromatic carbocycles. The third-order valence-electron chi connectivity index (χ3n) is 7.14. The van der Waals surface area contributed by atoms with Gasteiger partial charge in [0.25, 0.3) is 0 Å². The predicted molar refractivity (Wildman–Crippen MR) is 123 cm³/mol. The summed E-state index contributed by atoms with van der Waals surface area (Å²) in [6.45, 7) is 12.8. The van der Waals surface area contributed by atoms with Crippen LogP contribution in [0, 0.1) is 12.3 Å². The van der Waals surface area contributed by atoms with Crippen LogP contribution in [-0.4, -0.2) is 28.2 Å². The number of fused-ring (bicyclic) bond motifs is 2. The van der Waals surface area contributed by atoms with Crippen LogP contribution in [0.2, 0.25) is 0 Å². The SMILES string of the molecule is Cc1cc(O)cc2c1OC(C)(CC1=C3C=CC(C)(C)O[C@@H]1C(C)(C)CCCC3=O)CC2. The van der Waals surface area contributed by atoms with E-state index in [0.29, 0.717) is 12.8 Å². The number of Topliss-reactive ketones (excluding diaryl/α,β-unsaturated/α-hetero) is 1. The molecule has 2 heterocycles. The molecule has 1 N–H and O–H groups in total. The topological polar surface area (TPSA) is 55.8 Å². The third kappa shape index (κ3) is 4.32. The summed E-state index contributed by atoms with van der Waals surface area (Å²) in [5.41, 5.74) is 2.96. The summed E-state index contributed by atoms with van der Waals surface area (Å²) in [5.74, 6) is 1.37. The Bertz CT molecular complexity index is 966. The van der Waals surface area contributed by atoms with Crippen LogP contribution in [-0.2, 0) is 16.0 Å². The molecular weight excluding hydrogens is 388 g/mol. The van der Waals surface area contributed by atoms with E-state index in [1.54, 1.807) is 12.1 Å². The number of phenolic OH excluding ortho intramolecular Hbond substituents is 1. The van der Waals surface area contributed by atoms with Gasteiger partial charge in [-0.05, 0) is 87.6 Å². The van der Waals surface area contributed by atoms with E-state index in [1.165, 1.54) is 0 Å². The Morgan fingerprint density at radius 3 is 2.58 bits per heavy atom. The normalized spacial score (nSPS) is 29.5. The van der Waals surface area contributed by atoms with E-state index < -0.39 is 11.2 Å². The van der Waals surface area contributed by atoms with Gasteiger partial charge in [0.1, 0.15) is 17.1 Å². The maximum Gasteiger partial charge on any atom is 0.162 e. The highest BCUT2D eigenvalue weighted by atomic mass is 16.5. The molecule has 3 aliphatic rings. The summed E-state index contributed by atoms with van der Waals surface area (Å²) >= 11 is 0. The van der Waals surface area contributed by atoms with Crippen LogP contribution < -0.4 is 4.74 Å². The van der Waals surface area contributed by atoms with Crippen LogP contribution in [0.15, 0.2) is 35.4 Å². The van der Waals surface area contributed by atoms with Gasteiger partial charge >= 0.3 is 0 Å². The number of ether oxygens (including phenoxy) is 2. The van der Waals surface area contributed by atoms with Crippen molar-refractivity contribution in [2.24, 2.45) is 5.41 Å². The molecule has 2 atom stereocenters. The smallest absolute Gasteiger partial charge is 0.162 e. The number of phenols is 1. The van der Waals surface area contributed by atoms with E-state index in [1.807, 2.05) is 19.1 Å². The maximum atomic E-state index is 13.2. The number of carbonyl (C=O) groups is 1. The quantitative estimate of drug-likeness (QED) is 0.634.